The van der Waals surface area contributed by atoms with Gasteiger partial charge in [0.25, 0.3) is 0 Å². The largest absolute Gasteiger partial charge is 0.383 e. The molecular weight excluding hydrogens is 164 g/mol. The van der Waals surface area contributed by atoms with E-state index in [9.17, 15) is 0 Å². The molecule has 0 radical (unpaired) electrons. The van der Waals surface area contributed by atoms with Crippen molar-refractivity contribution >= 4 is 11.9 Å². The van der Waals surface area contributed by atoms with Crippen molar-refractivity contribution in [3.8, 4) is 12.1 Å². The molecule has 0 unspecified atom stereocenters. The van der Waals surface area contributed by atoms with Crippen molar-refractivity contribution in [1.82, 2.24) is 4.98 Å². The first-order chi connectivity index (χ1) is 6.27. The second kappa shape index (κ2) is 3.89. The van der Waals surface area contributed by atoms with Gasteiger partial charge in [0, 0.05) is 11.8 Å². The summed E-state index contributed by atoms with van der Waals surface area (Å²) in [5, 5.41) is 17.0. The second-order valence-corrected chi connectivity index (χ2v) is 2.26. The minimum atomic E-state index is 0.0136. The Bertz CT molecular complexity index is 404. The van der Waals surface area contributed by atoms with E-state index in [1.54, 1.807) is 30.5 Å². The molecule has 4 nitrogen and oxygen atoms in total. The van der Waals surface area contributed by atoms with Crippen LogP contribution in [0.2, 0.25) is 0 Å². The molecule has 0 fully saturated rings. The fourth-order valence-corrected chi connectivity index (χ4v) is 0.797. The van der Waals surface area contributed by atoms with Gasteiger partial charge in [0.05, 0.1) is 0 Å². The highest BCUT2D eigenvalue weighted by Gasteiger charge is 1.97. The Balaban J connectivity index is 3.14. The van der Waals surface area contributed by atoms with Crippen LogP contribution in [-0.4, -0.2) is 4.98 Å². The first-order valence-corrected chi connectivity index (χ1v) is 3.50. The van der Waals surface area contributed by atoms with E-state index in [1.807, 2.05) is 0 Å². The highest BCUT2D eigenvalue weighted by Crippen LogP contribution is 2.11. The van der Waals surface area contributed by atoms with E-state index in [2.05, 4.69) is 4.98 Å². The first-order valence-electron chi connectivity index (χ1n) is 3.50. The van der Waals surface area contributed by atoms with E-state index in [-0.39, 0.29) is 5.57 Å². The molecule has 0 bridgehead atoms. The van der Waals surface area contributed by atoms with E-state index in [4.69, 9.17) is 16.3 Å². The fourth-order valence-electron chi connectivity index (χ4n) is 0.797. The van der Waals surface area contributed by atoms with Crippen molar-refractivity contribution in [2.45, 2.75) is 0 Å². The maximum Gasteiger partial charge on any atom is 0.130 e. The molecule has 4 heteroatoms. The quantitative estimate of drug-likeness (QED) is 0.639. The highest BCUT2D eigenvalue weighted by atomic mass is 14.8. The number of nitrogens with two attached hydrogens (primary N) is 1. The summed E-state index contributed by atoms with van der Waals surface area (Å²) in [4.78, 5) is 3.82. The molecule has 13 heavy (non-hydrogen) atoms. The number of nitrogens with zero attached hydrogens (tertiary/aromatic N) is 3. The lowest BCUT2D eigenvalue weighted by molar-refractivity contribution is 1.32. The van der Waals surface area contributed by atoms with Gasteiger partial charge in [-0.05, 0) is 18.2 Å². The third kappa shape index (κ3) is 2.05. The Kier molecular flexibility index (Phi) is 2.62. The Labute approximate surface area is 75.5 Å². The van der Waals surface area contributed by atoms with Gasteiger partial charge in [-0.15, -0.1) is 0 Å². The molecule has 0 aliphatic heterocycles. The van der Waals surface area contributed by atoms with Gasteiger partial charge in [-0.2, -0.15) is 10.5 Å². The molecule has 0 atom stereocenters. The Morgan fingerprint density at radius 1 is 1.46 bits per heavy atom. The second-order valence-electron chi connectivity index (χ2n) is 2.26. The third-order valence-corrected chi connectivity index (χ3v) is 1.41. The Morgan fingerprint density at radius 3 is 2.69 bits per heavy atom. The summed E-state index contributed by atoms with van der Waals surface area (Å²) in [5.74, 6) is 0.311. The van der Waals surface area contributed by atoms with E-state index >= 15 is 0 Å². The van der Waals surface area contributed by atoms with Gasteiger partial charge in [-0.1, -0.05) is 0 Å². The maximum absolute atomic E-state index is 8.48. The van der Waals surface area contributed by atoms with Crippen LogP contribution in [-0.2, 0) is 0 Å². The number of nitriles is 2. The number of aromatic nitrogens is 1. The van der Waals surface area contributed by atoms with Crippen LogP contribution in [0.4, 0.5) is 5.82 Å². The minimum absolute atomic E-state index is 0.0136. The summed E-state index contributed by atoms with van der Waals surface area (Å²) in [5.41, 5.74) is 6.10. The van der Waals surface area contributed by atoms with Crippen LogP contribution in [0.3, 0.4) is 0 Å². The Morgan fingerprint density at radius 2 is 2.15 bits per heavy atom. The SMILES string of the molecule is N#CC(C#N)=Cc1cccnc1N. The zero-order valence-electron chi connectivity index (χ0n) is 6.73. The smallest absolute Gasteiger partial charge is 0.130 e. The lowest BCUT2D eigenvalue weighted by Crippen LogP contribution is -1.92. The number of hydrogen-bond donors (Lipinski definition) is 1. The first kappa shape index (κ1) is 8.76. The summed E-state index contributed by atoms with van der Waals surface area (Å²) in [6.45, 7) is 0. The van der Waals surface area contributed by atoms with E-state index in [0.717, 1.165) is 0 Å². The summed E-state index contributed by atoms with van der Waals surface area (Å²) in [6.07, 6.45) is 2.95. The summed E-state index contributed by atoms with van der Waals surface area (Å²) < 4.78 is 0. The highest BCUT2D eigenvalue weighted by molar-refractivity contribution is 5.68. The third-order valence-electron chi connectivity index (χ3n) is 1.41. The molecule has 1 heterocycles. The zero-order chi connectivity index (χ0) is 9.68. The van der Waals surface area contributed by atoms with E-state index < -0.39 is 0 Å². The van der Waals surface area contributed by atoms with Gasteiger partial charge in [-0.3, -0.25) is 0 Å². The van der Waals surface area contributed by atoms with Gasteiger partial charge in [0.1, 0.15) is 23.5 Å². The molecule has 0 spiro atoms. The lowest BCUT2D eigenvalue weighted by Gasteiger charge is -1.95. The summed E-state index contributed by atoms with van der Waals surface area (Å²) >= 11 is 0. The molecule has 0 amide bonds. The molecule has 0 saturated carbocycles. The molecule has 1 aromatic rings. The molecule has 1 aromatic heterocycles. The molecule has 0 aromatic carbocycles. The average Bonchev–Trinajstić information content (AvgIpc) is 2.17. The molecule has 0 aliphatic rings. The van der Waals surface area contributed by atoms with Gasteiger partial charge >= 0.3 is 0 Å². The lowest BCUT2D eigenvalue weighted by atomic mass is 10.2. The van der Waals surface area contributed by atoms with Crippen LogP contribution in [0.1, 0.15) is 5.56 Å². The fraction of sp³-hybridized carbons (Fsp3) is 0. The van der Waals surface area contributed by atoms with Gasteiger partial charge < -0.3 is 5.73 Å². The molecular formula is C9H6N4. The van der Waals surface area contributed by atoms with Gasteiger partial charge in [-0.25, -0.2) is 4.98 Å². The summed E-state index contributed by atoms with van der Waals surface area (Å²) in [6, 6.07) is 6.87. The molecule has 0 saturated heterocycles. The monoisotopic (exact) mass is 170 g/mol. The zero-order valence-corrected chi connectivity index (χ0v) is 6.73. The van der Waals surface area contributed by atoms with Crippen molar-refractivity contribution < 1.29 is 0 Å². The van der Waals surface area contributed by atoms with Crippen molar-refractivity contribution in [3.05, 3.63) is 29.5 Å². The number of pyridine rings is 1. The van der Waals surface area contributed by atoms with Gasteiger partial charge in [0.15, 0.2) is 0 Å². The number of hydrogen-bond acceptors (Lipinski definition) is 4. The van der Waals surface area contributed by atoms with E-state index in [1.165, 1.54) is 6.08 Å². The molecule has 1 rings (SSSR count). The number of rotatable bonds is 1. The van der Waals surface area contributed by atoms with Crippen LogP contribution in [0.5, 0.6) is 0 Å². The number of anilines is 1. The van der Waals surface area contributed by atoms with Crippen LogP contribution in [0.15, 0.2) is 23.9 Å². The van der Waals surface area contributed by atoms with Crippen molar-refractivity contribution in [2.75, 3.05) is 5.73 Å². The van der Waals surface area contributed by atoms with Crippen molar-refractivity contribution in [1.29, 1.82) is 10.5 Å². The predicted octanol–water partition coefficient (Wildman–Crippen LogP) is 1.09. The Hall–Kier alpha value is -2.33. The normalized spacial score (nSPS) is 8.15. The molecule has 0 aliphatic carbocycles. The van der Waals surface area contributed by atoms with Gasteiger partial charge in [0.2, 0.25) is 0 Å². The van der Waals surface area contributed by atoms with Crippen LogP contribution < -0.4 is 5.73 Å². The van der Waals surface area contributed by atoms with E-state index in [0.29, 0.717) is 11.4 Å². The minimum Gasteiger partial charge on any atom is -0.383 e. The van der Waals surface area contributed by atoms with Crippen LogP contribution in [0.25, 0.3) is 6.08 Å². The average molecular weight is 170 g/mol. The maximum atomic E-state index is 8.48. The van der Waals surface area contributed by atoms with Crippen LogP contribution in [0, 0.1) is 22.7 Å². The molecule has 2 N–H and O–H groups in total. The number of allylic oxidation sites excluding steroid dienone is 1. The summed E-state index contributed by atoms with van der Waals surface area (Å²) in [7, 11) is 0. The van der Waals surface area contributed by atoms with Crippen molar-refractivity contribution in [3.63, 3.8) is 0 Å². The molecule has 62 valence electrons. The van der Waals surface area contributed by atoms with Crippen molar-refractivity contribution in [2.24, 2.45) is 0 Å². The van der Waals surface area contributed by atoms with Crippen LogP contribution >= 0.6 is 0 Å². The topological polar surface area (TPSA) is 86.5 Å². The predicted molar refractivity (Wildman–Crippen MR) is 47.9 cm³/mol. The standard InChI is InChI=1S/C9H6N4/c10-5-7(6-11)4-8-2-1-3-13-9(8)12/h1-4H,(H2,12,13). The number of nitrogen functional groups attached to an aromatic ring is 1.